The number of fused-ring (bicyclic) bond motifs is 2. The standard InChI is InChI=1S/C16H16O5S2.Na/c17-22-15-7-2-1-5-12(15)11-13-14(6-3-8-16(13)22)21-9-4-10-23(18,19)20;/h1-3,5-8H,4,9-11H2,(H,18,19,20);. The monoisotopic (exact) mass is 375 g/mol. The molecule has 5 nitrogen and oxygen atoms in total. The fraction of sp³-hybridized carbons (Fsp3) is 0.250. The van der Waals surface area contributed by atoms with Crippen molar-refractivity contribution in [1.82, 2.24) is 0 Å². The number of ether oxygens (including phenoxy) is 1. The van der Waals surface area contributed by atoms with Gasteiger partial charge in [-0.3, -0.25) is 4.55 Å². The molecule has 1 aliphatic rings. The van der Waals surface area contributed by atoms with Crippen LogP contribution in [0.2, 0.25) is 0 Å². The summed E-state index contributed by atoms with van der Waals surface area (Å²) in [6, 6.07) is 13.0. The van der Waals surface area contributed by atoms with Gasteiger partial charge in [0.1, 0.15) is 5.75 Å². The molecular weight excluding hydrogens is 359 g/mol. The Labute approximate surface area is 166 Å². The Morgan fingerprint density at radius 2 is 1.83 bits per heavy atom. The summed E-state index contributed by atoms with van der Waals surface area (Å²) < 4.78 is 48.5. The van der Waals surface area contributed by atoms with E-state index in [0.29, 0.717) is 12.2 Å². The molecule has 0 saturated heterocycles. The summed E-state index contributed by atoms with van der Waals surface area (Å²) in [6.45, 7) is 0.171. The van der Waals surface area contributed by atoms with Gasteiger partial charge in [0.05, 0.1) is 17.9 Å². The van der Waals surface area contributed by atoms with Crippen molar-refractivity contribution >= 4 is 50.9 Å². The molecule has 24 heavy (non-hydrogen) atoms. The van der Waals surface area contributed by atoms with Crippen molar-refractivity contribution < 1.29 is 22.3 Å². The van der Waals surface area contributed by atoms with Crippen LogP contribution in [-0.2, 0) is 27.7 Å². The van der Waals surface area contributed by atoms with E-state index in [1.807, 2.05) is 30.3 Å². The summed E-state index contributed by atoms with van der Waals surface area (Å²) in [5.41, 5.74) is 1.88. The number of hydrogen-bond donors (Lipinski definition) is 1. The van der Waals surface area contributed by atoms with E-state index >= 15 is 0 Å². The summed E-state index contributed by atoms with van der Waals surface area (Å²) >= 11 is -1.24. The molecule has 0 fully saturated rings. The van der Waals surface area contributed by atoms with Crippen LogP contribution in [0.4, 0.5) is 0 Å². The van der Waals surface area contributed by atoms with Gasteiger partial charge in [-0.1, -0.05) is 24.3 Å². The van der Waals surface area contributed by atoms with Gasteiger partial charge in [-0.05, 0) is 24.6 Å². The first-order valence-electron chi connectivity index (χ1n) is 7.15. The molecule has 0 saturated carbocycles. The van der Waals surface area contributed by atoms with E-state index in [4.69, 9.17) is 9.29 Å². The fourth-order valence-electron chi connectivity index (χ4n) is 2.59. The SMILES string of the molecule is O=S(=O)(O)CCCOc1cccc2c1Cc1ccccc1[S+]2[O-].[Na]. The summed E-state index contributed by atoms with van der Waals surface area (Å²) in [5, 5.41) is 0. The first kappa shape index (κ1) is 19.8. The maximum Gasteiger partial charge on any atom is 0.264 e. The van der Waals surface area contributed by atoms with Crippen molar-refractivity contribution in [3.8, 4) is 5.75 Å². The van der Waals surface area contributed by atoms with E-state index in [0.717, 1.165) is 20.9 Å². The molecule has 1 heterocycles. The van der Waals surface area contributed by atoms with Crippen molar-refractivity contribution in [2.45, 2.75) is 22.6 Å². The van der Waals surface area contributed by atoms with Crippen LogP contribution in [0.3, 0.4) is 0 Å². The zero-order valence-corrected chi connectivity index (χ0v) is 16.9. The number of rotatable bonds is 5. The van der Waals surface area contributed by atoms with Crippen molar-refractivity contribution in [2.24, 2.45) is 0 Å². The molecule has 1 unspecified atom stereocenters. The summed E-state index contributed by atoms with van der Waals surface area (Å²) in [5.74, 6) is 0.275. The van der Waals surface area contributed by atoms with E-state index in [2.05, 4.69) is 0 Å². The summed E-state index contributed by atoms with van der Waals surface area (Å²) in [4.78, 5) is 1.56. The molecule has 8 heteroatoms. The molecule has 0 spiro atoms. The van der Waals surface area contributed by atoms with Gasteiger partial charge in [-0.15, -0.1) is 0 Å². The Kier molecular flexibility index (Phi) is 6.78. The molecule has 3 rings (SSSR count). The van der Waals surface area contributed by atoms with Gasteiger partial charge in [-0.2, -0.15) is 8.42 Å². The summed E-state index contributed by atoms with van der Waals surface area (Å²) in [7, 11) is -3.97. The van der Waals surface area contributed by atoms with Crippen LogP contribution in [0.15, 0.2) is 52.3 Å². The molecule has 2 aromatic rings. The van der Waals surface area contributed by atoms with Crippen LogP contribution in [0, 0.1) is 0 Å². The molecule has 1 N–H and O–H groups in total. The maximum atomic E-state index is 12.7. The Morgan fingerprint density at radius 1 is 1.12 bits per heavy atom. The predicted molar refractivity (Wildman–Crippen MR) is 92.6 cm³/mol. The van der Waals surface area contributed by atoms with Gasteiger partial charge >= 0.3 is 0 Å². The van der Waals surface area contributed by atoms with Crippen LogP contribution in [0.1, 0.15) is 17.5 Å². The second kappa shape index (κ2) is 8.23. The first-order valence-corrected chi connectivity index (χ1v) is 9.91. The topological polar surface area (TPSA) is 86.7 Å². The van der Waals surface area contributed by atoms with Gasteiger partial charge in [0.2, 0.25) is 0 Å². The Morgan fingerprint density at radius 3 is 2.58 bits per heavy atom. The molecule has 1 aliphatic heterocycles. The zero-order valence-electron chi connectivity index (χ0n) is 13.3. The molecule has 0 bridgehead atoms. The third-order valence-electron chi connectivity index (χ3n) is 3.63. The third-order valence-corrected chi connectivity index (χ3v) is 6.02. The predicted octanol–water partition coefficient (Wildman–Crippen LogP) is 2.03. The minimum Gasteiger partial charge on any atom is -0.606 e. The summed E-state index contributed by atoms with van der Waals surface area (Å²) in [6.07, 6.45) is 0.827. The van der Waals surface area contributed by atoms with Crippen LogP contribution < -0.4 is 4.74 Å². The molecule has 1 radical (unpaired) electrons. The van der Waals surface area contributed by atoms with Crippen LogP contribution in [0.25, 0.3) is 0 Å². The third kappa shape index (κ3) is 4.54. The fourth-order valence-corrected chi connectivity index (χ4v) is 4.49. The molecule has 0 aromatic heterocycles. The van der Waals surface area contributed by atoms with Crippen molar-refractivity contribution in [3.63, 3.8) is 0 Å². The van der Waals surface area contributed by atoms with Gasteiger partial charge in [-0.25, -0.2) is 0 Å². The minimum atomic E-state index is -3.97. The molecular formula is C16H16NaO5S2. The maximum absolute atomic E-state index is 12.7. The van der Waals surface area contributed by atoms with Gasteiger partial charge in [0.25, 0.3) is 10.1 Å². The second-order valence-corrected chi connectivity index (χ2v) is 8.26. The van der Waals surface area contributed by atoms with Gasteiger partial charge in [0.15, 0.2) is 9.79 Å². The zero-order chi connectivity index (χ0) is 16.4. The first-order chi connectivity index (χ1) is 11.0. The Hall–Kier alpha value is -0.540. The number of hydrogen-bond acceptors (Lipinski definition) is 4. The molecule has 0 amide bonds. The molecule has 123 valence electrons. The molecule has 2 aromatic carbocycles. The second-order valence-electron chi connectivity index (χ2n) is 5.27. The Bertz CT molecular complexity index is 823. The number of benzene rings is 2. The van der Waals surface area contributed by atoms with Gasteiger partial charge < -0.3 is 9.29 Å². The van der Waals surface area contributed by atoms with Crippen LogP contribution >= 0.6 is 0 Å². The van der Waals surface area contributed by atoms with Crippen LogP contribution in [-0.4, -0.2) is 59.4 Å². The molecule has 1 atom stereocenters. The van der Waals surface area contributed by atoms with Crippen molar-refractivity contribution in [2.75, 3.05) is 12.4 Å². The van der Waals surface area contributed by atoms with E-state index in [9.17, 15) is 13.0 Å². The van der Waals surface area contributed by atoms with Crippen LogP contribution in [0.5, 0.6) is 5.75 Å². The smallest absolute Gasteiger partial charge is 0.264 e. The van der Waals surface area contributed by atoms with E-state index in [-0.39, 0.29) is 48.3 Å². The minimum absolute atomic E-state index is 0. The molecule has 0 aliphatic carbocycles. The van der Waals surface area contributed by atoms with Gasteiger partial charge in [0, 0.05) is 52.7 Å². The van der Waals surface area contributed by atoms with Crippen molar-refractivity contribution in [3.05, 3.63) is 53.6 Å². The normalized spacial score (nSPS) is 15.8. The Balaban J connectivity index is 0.00000208. The van der Waals surface area contributed by atoms with E-state index in [1.54, 1.807) is 12.1 Å². The van der Waals surface area contributed by atoms with E-state index in [1.165, 1.54) is 0 Å². The van der Waals surface area contributed by atoms with Crippen molar-refractivity contribution in [1.29, 1.82) is 0 Å². The average molecular weight is 375 g/mol. The largest absolute Gasteiger partial charge is 0.606 e. The van der Waals surface area contributed by atoms with E-state index < -0.39 is 21.3 Å². The average Bonchev–Trinajstić information content (AvgIpc) is 2.51. The quantitative estimate of drug-likeness (QED) is 0.374.